The van der Waals surface area contributed by atoms with E-state index in [9.17, 15) is 9.59 Å². The van der Waals surface area contributed by atoms with Crippen LogP contribution in [0.4, 0.5) is 0 Å². The van der Waals surface area contributed by atoms with Gasteiger partial charge < -0.3 is 9.47 Å². The highest BCUT2D eigenvalue weighted by Gasteiger charge is 2.59. The van der Waals surface area contributed by atoms with Crippen molar-refractivity contribution in [3.8, 4) is 0 Å². The predicted molar refractivity (Wildman–Crippen MR) is 65.7 cm³/mol. The third kappa shape index (κ3) is 2.19. The molecule has 0 radical (unpaired) electrons. The van der Waals surface area contributed by atoms with Crippen molar-refractivity contribution in [1.82, 2.24) is 0 Å². The Hall–Kier alpha value is -1.58. The second-order valence-corrected chi connectivity index (χ2v) is 5.21. The molecule has 0 bridgehead atoms. The van der Waals surface area contributed by atoms with E-state index >= 15 is 0 Å². The summed E-state index contributed by atoms with van der Waals surface area (Å²) in [6.07, 6.45) is 5.26. The zero-order chi connectivity index (χ0) is 13.3. The second kappa shape index (κ2) is 4.59. The van der Waals surface area contributed by atoms with E-state index in [0.717, 1.165) is 5.57 Å². The molecule has 0 amide bonds. The zero-order valence-corrected chi connectivity index (χ0v) is 11.0. The van der Waals surface area contributed by atoms with Crippen molar-refractivity contribution in [3.05, 3.63) is 23.3 Å². The lowest BCUT2D eigenvalue weighted by atomic mass is 9.77. The molecular weight excluding hydrogens is 232 g/mol. The van der Waals surface area contributed by atoms with E-state index in [1.54, 1.807) is 0 Å². The van der Waals surface area contributed by atoms with Crippen LogP contribution in [0.1, 0.15) is 33.6 Å². The summed E-state index contributed by atoms with van der Waals surface area (Å²) in [6.45, 7) is 5.66. The summed E-state index contributed by atoms with van der Waals surface area (Å²) in [5.41, 5.74) is 1.65. The minimum absolute atomic E-state index is 0.0776. The Kier molecular flexibility index (Phi) is 3.28. The summed E-state index contributed by atoms with van der Waals surface area (Å²) in [6, 6.07) is 0. The smallest absolute Gasteiger partial charge is 0.320 e. The van der Waals surface area contributed by atoms with Crippen LogP contribution < -0.4 is 0 Å². The highest BCUT2D eigenvalue weighted by Crippen LogP contribution is 2.50. The van der Waals surface area contributed by atoms with Gasteiger partial charge in [0.05, 0.1) is 0 Å². The van der Waals surface area contributed by atoms with E-state index < -0.39 is 5.41 Å². The molecule has 1 aliphatic heterocycles. The highest BCUT2D eigenvalue weighted by molar-refractivity contribution is 5.87. The van der Waals surface area contributed by atoms with E-state index in [2.05, 4.69) is 6.08 Å². The fourth-order valence-corrected chi connectivity index (χ4v) is 2.40. The van der Waals surface area contributed by atoms with Crippen LogP contribution >= 0.6 is 0 Å². The highest BCUT2D eigenvalue weighted by atomic mass is 16.6. The Bertz CT molecular complexity index is 443. The molecule has 1 heterocycles. The molecule has 2 atom stereocenters. The monoisotopic (exact) mass is 250 g/mol. The summed E-state index contributed by atoms with van der Waals surface area (Å²) in [5, 5.41) is 0. The molecule has 0 aromatic carbocycles. The first kappa shape index (κ1) is 12.9. The Morgan fingerprint density at radius 2 is 2.28 bits per heavy atom. The lowest BCUT2D eigenvalue weighted by Crippen LogP contribution is -2.52. The molecule has 18 heavy (non-hydrogen) atoms. The lowest BCUT2D eigenvalue weighted by molar-refractivity contribution is -0.194. The summed E-state index contributed by atoms with van der Waals surface area (Å²) in [7, 11) is 0. The Morgan fingerprint density at radius 1 is 1.56 bits per heavy atom. The molecule has 0 spiro atoms. The van der Waals surface area contributed by atoms with Crippen LogP contribution in [0.25, 0.3) is 0 Å². The molecule has 0 aromatic heterocycles. The van der Waals surface area contributed by atoms with Crippen molar-refractivity contribution in [2.24, 2.45) is 5.41 Å². The number of allylic oxidation sites excluding steroid dienone is 2. The standard InChI is InChI=1S/C14H18O4/c1-9(2)4-5-14-7-11(8-17-10(3)15)6-12(14)18-13(14)16/h4,7,12H,5-6,8H2,1-3H3/t12-,14+/m0/s1. The summed E-state index contributed by atoms with van der Waals surface area (Å²) in [5.74, 6) is -0.469. The average Bonchev–Trinajstić information content (AvgIpc) is 2.57. The quantitative estimate of drug-likeness (QED) is 0.566. The summed E-state index contributed by atoms with van der Waals surface area (Å²) >= 11 is 0. The van der Waals surface area contributed by atoms with E-state index in [1.165, 1.54) is 12.5 Å². The largest absolute Gasteiger partial charge is 0.461 e. The number of fused-ring (bicyclic) bond motifs is 1. The third-order valence-electron chi connectivity index (χ3n) is 3.42. The van der Waals surface area contributed by atoms with Crippen LogP contribution in [0.2, 0.25) is 0 Å². The molecule has 2 aliphatic rings. The Labute approximate surface area is 107 Å². The number of esters is 2. The van der Waals surface area contributed by atoms with Crippen molar-refractivity contribution in [2.45, 2.75) is 39.7 Å². The maximum atomic E-state index is 11.7. The van der Waals surface area contributed by atoms with Crippen LogP contribution in [0.15, 0.2) is 23.3 Å². The van der Waals surface area contributed by atoms with Crippen molar-refractivity contribution >= 4 is 11.9 Å². The first-order valence-electron chi connectivity index (χ1n) is 6.12. The molecule has 0 N–H and O–H groups in total. The van der Waals surface area contributed by atoms with Gasteiger partial charge >= 0.3 is 11.9 Å². The topological polar surface area (TPSA) is 52.6 Å². The van der Waals surface area contributed by atoms with Crippen molar-refractivity contribution < 1.29 is 19.1 Å². The van der Waals surface area contributed by atoms with Crippen molar-refractivity contribution in [1.29, 1.82) is 0 Å². The number of hydrogen-bond donors (Lipinski definition) is 0. The molecule has 4 nitrogen and oxygen atoms in total. The molecule has 98 valence electrons. The number of carbonyl (C=O) groups is 2. The molecule has 0 unspecified atom stereocenters. The second-order valence-electron chi connectivity index (χ2n) is 5.21. The first-order chi connectivity index (χ1) is 8.44. The first-order valence-corrected chi connectivity index (χ1v) is 6.12. The summed E-state index contributed by atoms with van der Waals surface area (Å²) in [4.78, 5) is 22.5. The number of hydrogen-bond acceptors (Lipinski definition) is 4. The van der Waals surface area contributed by atoms with Crippen LogP contribution in [0, 0.1) is 5.41 Å². The van der Waals surface area contributed by atoms with Gasteiger partial charge in [-0.05, 0) is 25.8 Å². The maximum Gasteiger partial charge on any atom is 0.320 e. The van der Waals surface area contributed by atoms with Crippen molar-refractivity contribution in [2.75, 3.05) is 6.61 Å². The average molecular weight is 250 g/mol. The van der Waals surface area contributed by atoms with Gasteiger partial charge in [0.1, 0.15) is 18.1 Å². The van der Waals surface area contributed by atoms with Gasteiger partial charge in [-0.3, -0.25) is 9.59 Å². The molecular formula is C14H18O4. The lowest BCUT2D eigenvalue weighted by Gasteiger charge is -2.41. The van der Waals surface area contributed by atoms with Gasteiger partial charge in [0.25, 0.3) is 0 Å². The van der Waals surface area contributed by atoms with Crippen LogP contribution in [-0.2, 0) is 19.1 Å². The van der Waals surface area contributed by atoms with Crippen LogP contribution in [-0.4, -0.2) is 24.6 Å². The molecule has 0 aromatic rings. The van der Waals surface area contributed by atoms with E-state index in [0.29, 0.717) is 12.8 Å². The maximum absolute atomic E-state index is 11.7. The normalized spacial score (nSPS) is 28.7. The van der Waals surface area contributed by atoms with Crippen LogP contribution in [0.3, 0.4) is 0 Å². The van der Waals surface area contributed by atoms with Gasteiger partial charge in [0.15, 0.2) is 0 Å². The van der Waals surface area contributed by atoms with E-state index in [-0.39, 0.29) is 24.6 Å². The minimum atomic E-state index is -0.507. The molecule has 4 heteroatoms. The van der Waals surface area contributed by atoms with Crippen LogP contribution in [0.5, 0.6) is 0 Å². The molecule has 1 saturated heterocycles. The number of carbonyl (C=O) groups excluding carboxylic acids is 2. The molecule has 1 aliphatic carbocycles. The molecule has 0 saturated carbocycles. The molecule has 2 rings (SSSR count). The summed E-state index contributed by atoms with van der Waals surface area (Å²) < 4.78 is 10.1. The van der Waals surface area contributed by atoms with E-state index in [1.807, 2.05) is 19.9 Å². The van der Waals surface area contributed by atoms with Gasteiger partial charge in [-0.25, -0.2) is 0 Å². The van der Waals surface area contributed by atoms with Gasteiger partial charge in [0.2, 0.25) is 0 Å². The fourth-order valence-electron chi connectivity index (χ4n) is 2.40. The Balaban J connectivity index is 2.09. The third-order valence-corrected chi connectivity index (χ3v) is 3.42. The van der Waals surface area contributed by atoms with E-state index in [4.69, 9.17) is 9.47 Å². The zero-order valence-electron chi connectivity index (χ0n) is 11.0. The Morgan fingerprint density at radius 3 is 2.83 bits per heavy atom. The molecule has 1 fully saturated rings. The fraction of sp³-hybridized carbons (Fsp3) is 0.571. The van der Waals surface area contributed by atoms with Gasteiger partial charge in [-0.2, -0.15) is 0 Å². The van der Waals surface area contributed by atoms with Crippen molar-refractivity contribution in [3.63, 3.8) is 0 Å². The number of ether oxygens (including phenoxy) is 2. The SMILES string of the molecule is CC(=O)OCC1=C[C@@]2(CC=C(C)C)C(=O)O[C@H]2C1. The predicted octanol–water partition coefficient (Wildman–Crippen LogP) is 2.15. The minimum Gasteiger partial charge on any atom is -0.461 e. The number of rotatable bonds is 4. The van der Waals surface area contributed by atoms with Gasteiger partial charge in [-0.15, -0.1) is 0 Å². The van der Waals surface area contributed by atoms with Gasteiger partial charge in [0, 0.05) is 13.3 Å². The van der Waals surface area contributed by atoms with Gasteiger partial charge in [-0.1, -0.05) is 17.7 Å².